The lowest BCUT2D eigenvalue weighted by Gasteiger charge is -2.17. The summed E-state index contributed by atoms with van der Waals surface area (Å²) in [6.07, 6.45) is 1.77. The second-order valence-electron chi connectivity index (χ2n) is 4.31. The summed E-state index contributed by atoms with van der Waals surface area (Å²) in [7, 11) is 0. The van der Waals surface area contributed by atoms with Crippen molar-refractivity contribution in [3.8, 4) is 0 Å². The van der Waals surface area contributed by atoms with Gasteiger partial charge in [0, 0.05) is 0 Å². The van der Waals surface area contributed by atoms with Crippen molar-refractivity contribution in [2.24, 2.45) is 0 Å². The Labute approximate surface area is 101 Å². The zero-order valence-electron chi connectivity index (χ0n) is 10.5. The Morgan fingerprint density at radius 1 is 1.24 bits per heavy atom. The van der Waals surface area contributed by atoms with Crippen molar-refractivity contribution in [1.29, 1.82) is 0 Å². The Balaban J connectivity index is 2.38. The molecule has 1 unspecified atom stereocenters. The highest BCUT2D eigenvalue weighted by molar-refractivity contribution is 5.34. The highest BCUT2D eigenvalue weighted by Crippen LogP contribution is 2.21. The summed E-state index contributed by atoms with van der Waals surface area (Å²) in [5.41, 5.74) is 4.70. The van der Waals surface area contributed by atoms with E-state index in [4.69, 9.17) is 0 Å². The number of nitrogens with one attached hydrogen (secondary N) is 2. The molecule has 0 fully saturated rings. The minimum Gasteiger partial charge on any atom is -0.305 e. The fraction of sp³-hybridized carbons (Fsp3) is 0.385. The molecule has 0 radical (unpaired) electrons. The molecule has 17 heavy (non-hydrogen) atoms. The summed E-state index contributed by atoms with van der Waals surface area (Å²) in [4.78, 5) is 0. The third-order valence-electron chi connectivity index (χ3n) is 2.72. The Hall–Kier alpha value is -1.68. The fourth-order valence-corrected chi connectivity index (χ4v) is 2.12. The minimum atomic E-state index is 0.109. The maximum absolute atomic E-state index is 4.17. The second kappa shape index (κ2) is 5.10. The first-order valence-corrected chi connectivity index (χ1v) is 5.88. The van der Waals surface area contributed by atoms with Gasteiger partial charge in [-0.25, -0.2) is 0 Å². The Morgan fingerprint density at radius 2 is 1.94 bits per heavy atom. The Kier molecular flexibility index (Phi) is 3.54. The van der Waals surface area contributed by atoms with Crippen molar-refractivity contribution < 1.29 is 0 Å². The van der Waals surface area contributed by atoms with Crippen LogP contribution in [-0.4, -0.2) is 22.0 Å². The fourth-order valence-electron chi connectivity index (χ4n) is 2.12. The van der Waals surface area contributed by atoms with Crippen LogP contribution in [0.3, 0.4) is 0 Å². The van der Waals surface area contributed by atoms with Crippen molar-refractivity contribution in [1.82, 2.24) is 20.7 Å². The van der Waals surface area contributed by atoms with Crippen LogP contribution in [-0.2, 0) is 0 Å². The monoisotopic (exact) mass is 230 g/mol. The van der Waals surface area contributed by atoms with Crippen LogP contribution < -0.4 is 5.32 Å². The van der Waals surface area contributed by atoms with E-state index in [-0.39, 0.29) is 6.04 Å². The lowest BCUT2D eigenvalue weighted by molar-refractivity contribution is 0.613. The number of hydrogen-bond donors (Lipinski definition) is 2. The Bertz CT molecular complexity index is 456. The molecule has 1 atom stereocenters. The molecule has 1 heterocycles. The maximum atomic E-state index is 4.17. The summed E-state index contributed by atoms with van der Waals surface area (Å²) >= 11 is 0. The molecule has 0 amide bonds. The van der Waals surface area contributed by atoms with Gasteiger partial charge in [0.1, 0.15) is 5.69 Å². The summed E-state index contributed by atoms with van der Waals surface area (Å²) in [5.74, 6) is 0. The van der Waals surface area contributed by atoms with Gasteiger partial charge in [0.05, 0.1) is 12.2 Å². The highest BCUT2D eigenvalue weighted by atomic mass is 15.3. The standard InChI is InChI=1S/C13H18N4/c1-4-14-13(12-8-15-17-16-12)11-6-9(2)5-10(3)7-11/h5-8,13-14H,4H2,1-3H3,(H,15,16,17). The van der Waals surface area contributed by atoms with Gasteiger partial charge < -0.3 is 5.32 Å². The lowest BCUT2D eigenvalue weighted by atomic mass is 9.99. The first-order valence-electron chi connectivity index (χ1n) is 5.88. The van der Waals surface area contributed by atoms with E-state index in [1.54, 1.807) is 6.20 Å². The molecule has 2 rings (SSSR count). The number of hydrogen-bond acceptors (Lipinski definition) is 3. The molecule has 0 saturated carbocycles. The normalized spacial score (nSPS) is 12.6. The van der Waals surface area contributed by atoms with E-state index >= 15 is 0 Å². The molecule has 0 aliphatic heterocycles. The SMILES string of the molecule is CCNC(c1cc(C)cc(C)c1)c1cn[nH]n1. The molecular formula is C13H18N4. The van der Waals surface area contributed by atoms with Crippen LogP contribution >= 0.6 is 0 Å². The van der Waals surface area contributed by atoms with E-state index < -0.39 is 0 Å². The van der Waals surface area contributed by atoms with Crippen LogP contribution in [0.15, 0.2) is 24.4 Å². The number of aromatic nitrogens is 3. The van der Waals surface area contributed by atoms with Crippen molar-refractivity contribution >= 4 is 0 Å². The smallest absolute Gasteiger partial charge is 0.104 e. The van der Waals surface area contributed by atoms with Crippen molar-refractivity contribution in [2.75, 3.05) is 6.54 Å². The zero-order valence-corrected chi connectivity index (χ0v) is 10.5. The number of aromatic amines is 1. The van der Waals surface area contributed by atoms with Crippen LogP contribution in [0.5, 0.6) is 0 Å². The zero-order chi connectivity index (χ0) is 12.3. The molecule has 2 N–H and O–H groups in total. The predicted octanol–water partition coefficient (Wildman–Crippen LogP) is 2.12. The summed E-state index contributed by atoms with van der Waals surface area (Å²) in [6, 6.07) is 6.66. The van der Waals surface area contributed by atoms with E-state index in [9.17, 15) is 0 Å². The van der Waals surface area contributed by atoms with Crippen LogP contribution in [0.1, 0.15) is 35.3 Å². The van der Waals surface area contributed by atoms with Crippen LogP contribution in [0.25, 0.3) is 0 Å². The molecule has 0 saturated heterocycles. The number of benzene rings is 1. The van der Waals surface area contributed by atoms with Gasteiger partial charge in [-0.3, -0.25) is 0 Å². The molecule has 90 valence electrons. The van der Waals surface area contributed by atoms with Crippen LogP contribution in [0, 0.1) is 13.8 Å². The molecule has 4 heteroatoms. The molecule has 0 spiro atoms. The van der Waals surface area contributed by atoms with Crippen molar-refractivity contribution in [2.45, 2.75) is 26.8 Å². The van der Waals surface area contributed by atoms with Gasteiger partial charge in [0.25, 0.3) is 0 Å². The van der Waals surface area contributed by atoms with E-state index in [1.807, 2.05) is 0 Å². The van der Waals surface area contributed by atoms with E-state index in [2.05, 4.69) is 59.7 Å². The largest absolute Gasteiger partial charge is 0.305 e. The van der Waals surface area contributed by atoms with Gasteiger partial charge in [0.2, 0.25) is 0 Å². The van der Waals surface area contributed by atoms with Gasteiger partial charge in [-0.2, -0.15) is 15.4 Å². The van der Waals surface area contributed by atoms with Gasteiger partial charge in [0.15, 0.2) is 0 Å². The number of aryl methyl sites for hydroxylation is 2. The molecule has 0 aliphatic carbocycles. The van der Waals surface area contributed by atoms with E-state index in [1.165, 1.54) is 16.7 Å². The van der Waals surface area contributed by atoms with E-state index in [0.29, 0.717) is 0 Å². The molecule has 2 aromatic rings. The van der Waals surface area contributed by atoms with Gasteiger partial charge in [-0.1, -0.05) is 36.2 Å². The first kappa shape index (κ1) is 11.8. The quantitative estimate of drug-likeness (QED) is 0.846. The average molecular weight is 230 g/mol. The van der Waals surface area contributed by atoms with Crippen molar-refractivity contribution in [3.63, 3.8) is 0 Å². The molecule has 1 aromatic carbocycles. The summed E-state index contributed by atoms with van der Waals surface area (Å²) in [6.45, 7) is 7.21. The predicted molar refractivity (Wildman–Crippen MR) is 67.8 cm³/mol. The maximum Gasteiger partial charge on any atom is 0.104 e. The van der Waals surface area contributed by atoms with Crippen LogP contribution in [0.4, 0.5) is 0 Å². The second-order valence-corrected chi connectivity index (χ2v) is 4.31. The molecule has 0 bridgehead atoms. The summed E-state index contributed by atoms with van der Waals surface area (Å²) in [5, 5.41) is 14.2. The number of H-pyrrole nitrogens is 1. The summed E-state index contributed by atoms with van der Waals surface area (Å²) < 4.78 is 0. The van der Waals surface area contributed by atoms with Crippen molar-refractivity contribution in [3.05, 3.63) is 46.8 Å². The highest BCUT2D eigenvalue weighted by Gasteiger charge is 2.15. The van der Waals surface area contributed by atoms with E-state index in [0.717, 1.165) is 12.2 Å². The molecule has 4 nitrogen and oxygen atoms in total. The molecular weight excluding hydrogens is 212 g/mol. The van der Waals surface area contributed by atoms with Gasteiger partial charge >= 0.3 is 0 Å². The first-order chi connectivity index (χ1) is 8.20. The lowest BCUT2D eigenvalue weighted by Crippen LogP contribution is -2.22. The van der Waals surface area contributed by atoms with Crippen LogP contribution in [0.2, 0.25) is 0 Å². The minimum absolute atomic E-state index is 0.109. The molecule has 0 aliphatic rings. The van der Waals surface area contributed by atoms with Gasteiger partial charge in [-0.15, -0.1) is 0 Å². The third-order valence-corrected chi connectivity index (χ3v) is 2.72. The Morgan fingerprint density at radius 3 is 2.47 bits per heavy atom. The molecule has 1 aromatic heterocycles. The average Bonchev–Trinajstić information content (AvgIpc) is 2.77. The number of rotatable bonds is 4. The van der Waals surface area contributed by atoms with Gasteiger partial charge in [-0.05, 0) is 26.0 Å². The third kappa shape index (κ3) is 2.71. The number of nitrogens with zero attached hydrogens (tertiary/aromatic N) is 2. The topological polar surface area (TPSA) is 53.6 Å².